The first-order chi connectivity index (χ1) is 5.90. The van der Waals surface area contributed by atoms with Crippen molar-refractivity contribution in [2.24, 2.45) is 0 Å². The Kier molecular flexibility index (Phi) is 3.20. The molecule has 0 fully saturated rings. The lowest BCUT2D eigenvalue weighted by atomic mass is 10.1. The summed E-state index contributed by atoms with van der Waals surface area (Å²) in [5, 5.41) is 0. The van der Waals surface area contributed by atoms with Crippen LogP contribution in [0.4, 0.5) is 0 Å². The molecule has 1 aromatic carbocycles. The first-order valence-electron chi connectivity index (χ1n) is 3.89. The SMILES string of the molecule is C=CCc1ccc2c(c1)OCO2.Cl. The first-order valence-corrected chi connectivity index (χ1v) is 3.89. The van der Waals surface area contributed by atoms with Gasteiger partial charge in [0.2, 0.25) is 6.79 Å². The van der Waals surface area contributed by atoms with E-state index in [1.165, 1.54) is 5.56 Å². The molecule has 2 nitrogen and oxygen atoms in total. The lowest BCUT2D eigenvalue weighted by Crippen LogP contribution is -1.92. The van der Waals surface area contributed by atoms with Crippen molar-refractivity contribution >= 4 is 12.4 Å². The van der Waals surface area contributed by atoms with Crippen molar-refractivity contribution in [1.82, 2.24) is 0 Å². The maximum Gasteiger partial charge on any atom is 0.231 e. The second kappa shape index (κ2) is 4.19. The predicted molar refractivity (Wildman–Crippen MR) is 53.7 cm³/mol. The molecule has 70 valence electrons. The Balaban J connectivity index is 0.000000845. The van der Waals surface area contributed by atoms with Crippen LogP contribution in [-0.2, 0) is 6.42 Å². The van der Waals surface area contributed by atoms with E-state index in [-0.39, 0.29) is 12.4 Å². The van der Waals surface area contributed by atoms with E-state index in [1.807, 2.05) is 24.3 Å². The summed E-state index contributed by atoms with van der Waals surface area (Å²) in [6.07, 6.45) is 2.74. The molecule has 0 atom stereocenters. The topological polar surface area (TPSA) is 18.5 Å². The highest BCUT2D eigenvalue weighted by molar-refractivity contribution is 5.85. The summed E-state index contributed by atoms with van der Waals surface area (Å²) in [4.78, 5) is 0. The summed E-state index contributed by atoms with van der Waals surface area (Å²) in [5.74, 6) is 1.68. The molecule has 2 rings (SSSR count). The summed E-state index contributed by atoms with van der Waals surface area (Å²) in [6.45, 7) is 4.02. The molecule has 0 saturated heterocycles. The minimum atomic E-state index is 0. The number of rotatable bonds is 2. The van der Waals surface area contributed by atoms with E-state index in [0.29, 0.717) is 6.79 Å². The number of allylic oxidation sites excluding steroid dienone is 1. The van der Waals surface area contributed by atoms with Gasteiger partial charge >= 0.3 is 0 Å². The Labute approximate surface area is 83.6 Å². The molecule has 3 heteroatoms. The van der Waals surface area contributed by atoms with E-state index in [4.69, 9.17) is 9.47 Å². The van der Waals surface area contributed by atoms with Gasteiger partial charge in [-0.2, -0.15) is 0 Å². The summed E-state index contributed by atoms with van der Waals surface area (Å²) in [7, 11) is 0. The van der Waals surface area contributed by atoms with Crippen LogP contribution in [0.25, 0.3) is 0 Å². The van der Waals surface area contributed by atoms with Gasteiger partial charge < -0.3 is 9.47 Å². The fourth-order valence-electron chi connectivity index (χ4n) is 1.23. The molecule has 0 N–H and O–H groups in total. The summed E-state index contributed by atoms with van der Waals surface area (Å²) in [6, 6.07) is 5.94. The van der Waals surface area contributed by atoms with Crippen LogP contribution in [-0.4, -0.2) is 6.79 Å². The van der Waals surface area contributed by atoms with Crippen molar-refractivity contribution in [3.8, 4) is 11.5 Å². The maximum absolute atomic E-state index is 5.23. The molecule has 1 aliphatic rings. The van der Waals surface area contributed by atoms with Gasteiger partial charge in [-0.05, 0) is 24.1 Å². The van der Waals surface area contributed by atoms with E-state index in [9.17, 15) is 0 Å². The van der Waals surface area contributed by atoms with Gasteiger partial charge in [-0.15, -0.1) is 19.0 Å². The molecule has 1 aliphatic heterocycles. The van der Waals surface area contributed by atoms with Crippen LogP contribution in [0, 0.1) is 0 Å². The smallest absolute Gasteiger partial charge is 0.231 e. The zero-order valence-electron chi connectivity index (χ0n) is 7.16. The molecule has 0 amide bonds. The number of fused-ring (bicyclic) bond motifs is 1. The van der Waals surface area contributed by atoms with Gasteiger partial charge in [0, 0.05) is 0 Å². The van der Waals surface area contributed by atoms with Crippen LogP contribution >= 0.6 is 12.4 Å². The third-order valence-electron chi connectivity index (χ3n) is 1.82. The molecule has 0 aromatic heterocycles. The Bertz CT molecular complexity index is 310. The molecule has 1 heterocycles. The van der Waals surface area contributed by atoms with Crippen molar-refractivity contribution in [2.75, 3.05) is 6.79 Å². The highest BCUT2D eigenvalue weighted by Gasteiger charge is 2.12. The van der Waals surface area contributed by atoms with Crippen LogP contribution < -0.4 is 9.47 Å². The van der Waals surface area contributed by atoms with Crippen LogP contribution in [0.3, 0.4) is 0 Å². The summed E-state index contributed by atoms with van der Waals surface area (Å²) in [5.41, 5.74) is 1.20. The van der Waals surface area contributed by atoms with Crippen LogP contribution in [0.15, 0.2) is 30.9 Å². The zero-order chi connectivity index (χ0) is 8.39. The lowest BCUT2D eigenvalue weighted by Gasteiger charge is -1.98. The predicted octanol–water partition coefficient (Wildman–Crippen LogP) is 2.57. The quantitative estimate of drug-likeness (QED) is 0.680. The summed E-state index contributed by atoms with van der Waals surface area (Å²) >= 11 is 0. The average Bonchev–Trinajstić information content (AvgIpc) is 2.51. The molecule has 0 radical (unpaired) electrons. The molecule has 1 aromatic rings. The van der Waals surface area contributed by atoms with E-state index >= 15 is 0 Å². The highest BCUT2D eigenvalue weighted by Crippen LogP contribution is 2.32. The Morgan fingerprint density at radius 1 is 1.31 bits per heavy atom. The molecule has 0 unspecified atom stereocenters. The van der Waals surface area contributed by atoms with Gasteiger partial charge in [0.1, 0.15) is 0 Å². The number of halogens is 1. The van der Waals surface area contributed by atoms with E-state index in [0.717, 1.165) is 17.9 Å². The van der Waals surface area contributed by atoms with Crippen molar-refractivity contribution in [1.29, 1.82) is 0 Å². The minimum absolute atomic E-state index is 0. The molecular weight excluding hydrogens is 188 g/mol. The number of hydrogen-bond acceptors (Lipinski definition) is 2. The standard InChI is InChI=1S/C10H10O2.ClH/c1-2-3-8-4-5-9-10(6-8)12-7-11-9;/h2,4-6H,1,3,7H2;1H. The van der Waals surface area contributed by atoms with Gasteiger partial charge in [-0.1, -0.05) is 12.1 Å². The summed E-state index contributed by atoms with van der Waals surface area (Å²) < 4.78 is 10.4. The van der Waals surface area contributed by atoms with Gasteiger partial charge in [-0.3, -0.25) is 0 Å². The number of hydrogen-bond donors (Lipinski definition) is 0. The van der Waals surface area contributed by atoms with Crippen molar-refractivity contribution in [2.45, 2.75) is 6.42 Å². The monoisotopic (exact) mass is 198 g/mol. The van der Waals surface area contributed by atoms with Gasteiger partial charge in [0.15, 0.2) is 11.5 Å². The van der Waals surface area contributed by atoms with E-state index < -0.39 is 0 Å². The molecule has 0 bridgehead atoms. The molecular formula is C10H11ClO2. The molecule has 0 aliphatic carbocycles. The van der Waals surface area contributed by atoms with Crippen molar-refractivity contribution in [3.05, 3.63) is 36.4 Å². The number of ether oxygens (including phenoxy) is 2. The Morgan fingerprint density at radius 2 is 2.08 bits per heavy atom. The molecule has 13 heavy (non-hydrogen) atoms. The molecule has 0 spiro atoms. The highest BCUT2D eigenvalue weighted by atomic mass is 35.5. The second-order valence-corrected chi connectivity index (χ2v) is 2.68. The minimum Gasteiger partial charge on any atom is -0.454 e. The van der Waals surface area contributed by atoms with Gasteiger partial charge in [0.25, 0.3) is 0 Å². The van der Waals surface area contributed by atoms with Crippen molar-refractivity contribution in [3.63, 3.8) is 0 Å². The van der Waals surface area contributed by atoms with Crippen LogP contribution in [0.5, 0.6) is 11.5 Å². The fourth-order valence-corrected chi connectivity index (χ4v) is 1.23. The van der Waals surface area contributed by atoms with Crippen LogP contribution in [0.1, 0.15) is 5.56 Å². The molecule has 0 saturated carbocycles. The third kappa shape index (κ3) is 1.95. The average molecular weight is 199 g/mol. The van der Waals surface area contributed by atoms with Gasteiger partial charge in [0.05, 0.1) is 0 Å². The van der Waals surface area contributed by atoms with E-state index in [1.54, 1.807) is 0 Å². The van der Waals surface area contributed by atoms with E-state index in [2.05, 4.69) is 6.58 Å². The number of benzene rings is 1. The third-order valence-corrected chi connectivity index (χ3v) is 1.82. The second-order valence-electron chi connectivity index (χ2n) is 2.68. The Hall–Kier alpha value is -1.15. The zero-order valence-corrected chi connectivity index (χ0v) is 7.97. The van der Waals surface area contributed by atoms with Crippen LogP contribution in [0.2, 0.25) is 0 Å². The Morgan fingerprint density at radius 3 is 2.85 bits per heavy atom. The maximum atomic E-state index is 5.23. The lowest BCUT2D eigenvalue weighted by molar-refractivity contribution is 0.174. The first kappa shape index (κ1) is 9.93. The normalized spacial score (nSPS) is 12.0. The van der Waals surface area contributed by atoms with Gasteiger partial charge in [-0.25, -0.2) is 0 Å². The fraction of sp³-hybridized carbons (Fsp3) is 0.200. The van der Waals surface area contributed by atoms with Crippen molar-refractivity contribution < 1.29 is 9.47 Å². The largest absolute Gasteiger partial charge is 0.454 e.